The van der Waals surface area contributed by atoms with Crippen LogP contribution in [0.3, 0.4) is 0 Å². The van der Waals surface area contributed by atoms with Crippen molar-refractivity contribution in [2.45, 2.75) is 0 Å². The fourth-order valence-corrected chi connectivity index (χ4v) is 1.78. The van der Waals surface area contributed by atoms with Crippen LogP contribution in [0, 0.1) is 0 Å². The third-order valence-electron chi connectivity index (χ3n) is 2.70. The zero-order valence-corrected chi connectivity index (χ0v) is 14.0. The second-order valence-corrected chi connectivity index (χ2v) is 4.47. The quantitative estimate of drug-likeness (QED) is 0.321. The average molecular weight is 327 g/mol. The van der Waals surface area contributed by atoms with E-state index in [0.717, 1.165) is 0 Å². The lowest BCUT2D eigenvalue weighted by molar-refractivity contribution is 0.204. The summed E-state index contributed by atoms with van der Waals surface area (Å²) in [4.78, 5) is 0. The molecule has 0 atom stereocenters. The third-order valence-corrected chi connectivity index (χ3v) is 2.94. The Hall–Kier alpha value is -2.06. The molecule has 22 heavy (non-hydrogen) atoms. The van der Waals surface area contributed by atoms with E-state index in [1.54, 1.807) is 46.8 Å². The van der Waals surface area contributed by atoms with Gasteiger partial charge in [0.25, 0.3) is 0 Å². The summed E-state index contributed by atoms with van der Waals surface area (Å²) in [6.45, 7) is 1.17. The Bertz CT molecular complexity index is 498. The monoisotopic (exact) mass is 327 g/mol. The molecule has 8 heteroatoms. The van der Waals surface area contributed by atoms with E-state index in [-0.39, 0.29) is 0 Å². The van der Waals surface area contributed by atoms with E-state index in [1.165, 1.54) is 0 Å². The molecule has 0 fully saturated rings. The van der Waals surface area contributed by atoms with Crippen LogP contribution in [-0.4, -0.2) is 52.9 Å². The number of rotatable bonds is 8. The number of hydrazone groups is 1. The topological polar surface area (TPSA) is 73.3 Å². The van der Waals surface area contributed by atoms with Gasteiger partial charge in [-0.2, -0.15) is 5.10 Å². The number of hydrogen-bond acceptors (Lipinski definition) is 6. The van der Waals surface area contributed by atoms with Crippen LogP contribution in [0.25, 0.3) is 0 Å². The van der Waals surface area contributed by atoms with Crippen LogP contribution < -0.4 is 25.0 Å². The minimum absolute atomic E-state index is 0.403. The van der Waals surface area contributed by atoms with Crippen LogP contribution in [0.1, 0.15) is 5.56 Å². The number of nitrogens with one attached hydrogen (secondary N) is 2. The minimum Gasteiger partial charge on any atom is -0.496 e. The first-order valence-corrected chi connectivity index (χ1v) is 6.93. The van der Waals surface area contributed by atoms with E-state index >= 15 is 0 Å². The molecule has 0 aromatic heterocycles. The van der Waals surface area contributed by atoms with E-state index in [9.17, 15) is 0 Å². The highest BCUT2D eigenvalue weighted by Crippen LogP contribution is 2.32. The summed E-state index contributed by atoms with van der Waals surface area (Å²) in [5, 5.41) is 7.42. The minimum atomic E-state index is 0.403. The van der Waals surface area contributed by atoms with Gasteiger partial charge in [-0.05, 0) is 12.2 Å². The largest absolute Gasteiger partial charge is 0.496 e. The van der Waals surface area contributed by atoms with Gasteiger partial charge in [0.1, 0.15) is 17.2 Å². The summed E-state index contributed by atoms with van der Waals surface area (Å²) in [6.07, 6.45) is 1.57. The molecule has 0 saturated heterocycles. The second kappa shape index (κ2) is 9.80. The SMILES string of the molecule is COCCNC(=S)NN=Cc1c(OC)cc(OC)cc1OC. The summed E-state index contributed by atoms with van der Waals surface area (Å²) in [7, 11) is 6.33. The van der Waals surface area contributed by atoms with E-state index < -0.39 is 0 Å². The predicted molar refractivity (Wildman–Crippen MR) is 89.3 cm³/mol. The summed E-state index contributed by atoms with van der Waals surface area (Å²) in [5.74, 6) is 1.80. The zero-order chi connectivity index (χ0) is 16.4. The number of nitrogens with zero attached hydrogens (tertiary/aromatic N) is 1. The Labute approximate surface area is 135 Å². The first kappa shape index (κ1) is 18.0. The van der Waals surface area contributed by atoms with Crippen LogP contribution in [0.5, 0.6) is 17.2 Å². The van der Waals surface area contributed by atoms with Gasteiger partial charge >= 0.3 is 0 Å². The highest BCUT2D eigenvalue weighted by molar-refractivity contribution is 7.80. The van der Waals surface area contributed by atoms with Gasteiger partial charge in [0, 0.05) is 25.8 Å². The Morgan fingerprint density at radius 1 is 1.14 bits per heavy atom. The summed E-state index contributed by atoms with van der Waals surface area (Å²) >= 11 is 5.07. The van der Waals surface area contributed by atoms with Gasteiger partial charge in [-0.25, -0.2) is 0 Å². The van der Waals surface area contributed by atoms with Crippen molar-refractivity contribution in [2.75, 3.05) is 41.6 Å². The van der Waals surface area contributed by atoms with Crippen LogP contribution in [-0.2, 0) is 4.74 Å². The Morgan fingerprint density at radius 3 is 2.27 bits per heavy atom. The first-order chi connectivity index (χ1) is 10.7. The highest BCUT2D eigenvalue weighted by atomic mass is 32.1. The molecular formula is C14H21N3O4S. The molecule has 0 radical (unpaired) electrons. The van der Waals surface area contributed by atoms with Crippen molar-refractivity contribution in [1.29, 1.82) is 0 Å². The lowest BCUT2D eigenvalue weighted by Gasteiger charge is -2.12. The first-order valence-electron chi connectivity index (χ1n) is 6.52. The van der Waals surface area contributed by atoms with Gasteiger partial charge in [-0.1, -0.05) is 0 Å². The summed E-state index contributed by atoms with van der Waals surface area (Å²) in [5.41, 5.74) is 3.39. The van der Waals surface area contributed by atoms with E-state index in [0.29, 0.717) is 41.1 Å². The smallest absolute Gasteiger partial charge is 0.187 e. The van der Waals surface area contributed by atoms with Crippen molar-refractivity contribution in [1.82, 2.24) is 10.7 Å². The number of methoxy groups -OCH3 is 4. The number of thiocarbonyl (C=S) groups is 1. The van der Waals surface area contributed by atoms with Gasteiger partial charge in [0.2, 0.25) is 0 Å². The fourth-order valence-electron chi connectivity index (χ4n) is 1.62. The molecule has 7 nitrogen and oxygen atoms in total. The Kier molecular flexibility index (Phi) is 8.01. The second-order valence-electron chi connectivity index (χ2n) is 4.06. The van der Waals surface area contributed by atoms with Crippen molar-refractivity contribution in [3.63, 3.8) is 0 Å². The van der Waals surface area contributed by atoms with Crippen molar-refractivity contribution in [2.24, 2.45) is 5.10 Å². The lowest BCUT2D eigenvalue weighted by Crippen LogP contribution is -2.34. The van der Waals surface area contributed by atoms with Crippen molar-refractivity contribution in [3.05, 3.63) is 17.7 Å². The normalized spacial score (nSPS) is 10.4. The van der Waals surface area contributed by atoms with Gasteiger partial charge in [-0.15, -0.1) is 0 Å². The molecule has 0 bridgehead atoms. The number of benzene rings is 1. The van der Waals surface area contributed by atoms with Crippen LogP contribution in [0.15, 0.2) is 17.2 Å². The molecule has 2 N–H and O–H groups in total. The average Bonchev–Trinajstić information content (AvgIpc) is 2.54. The maximum Gasteiger partial charge on any atom is 0.187 e. The van der Waals surface area contributed by atoms with Gasteiger partial charge in [0.15, 0.2) is 5.11 Å². The lowest BCUT2D eigenvalue weighted by atomic mass is 10.2. The molecule has 1 aromatic carbocycles. The van der Waals surface area contributed by atoms with Crippen LogP contribution in [0.2, 0.25) is 0 Å². The Balaban J connectivity index is 2.79. The molecule has 0 aliphatic carbocycles. The standard InChI is InChI=1S/C14H21N3O4S/c1-18-6-5-15-14(22)17-16-9-11-12(20-3)7-10(19-2)8-13(11)21-4/h7-9H,5-6H2,1-4H3,(H2,15,17,22). The molecule has 0 spiro atoms. The fraction of sp³-hybridized carbons (Fsp3) is 0.429. The molecule has 0 aliphatic rings. The molecule has 1 rings (SSSR count). The van der Waals surface area contributed by atoms with Crippen molar-refractivity contribution in [3.8, 4) is 17.2 Å². The van der Waals surface area contributed by atoms with Gasteiger partial charge < -0.3 is 24.3 Å². The van der Waals surface area contributed by atoms with E-state index in [4.69, 9.17) is 31.2 Å². The molecule has 1 aromatic rings. The molecule has 0 amide bonds. The maximum absolute atomic E-state index is 5.32. The molecule has 0 aliphatic heterocycles. The molecular weight excluding hydrogens is 306 g/mol. The number of ether oxygens (including phenoxy) is 4. The van der Waals surface area contributed by atoms with Gasteiger partial charge in [0.05, 0.1) is 39.7 Å². The third kappa shape index (κ3) is 5.38. The van der Waals surface area contributed by atoms with Crippen LogP contribution >= 0.6 is 12.2 Å². The molecule has 0 heterocycles. The van der Waals surface area contributed by atoms with E-state index in [2.05, 4.69) is 15.8 Å². The predicted octanol–water partition coefficient (Wildman–Crippen LogP) is 1.16. The van der Waals surface area contributed by atoms with Crippen molar-refractivity contribution < 1.29 is 18.9 Å². The summed E-state index contributed by atoms with van der Waals surface area (Å²) in [6, 6.07) is 3.50. The van der Waals surface area contributed by atoms with Crippen molar-refractivity contribution >= 4 is 23.5 Å². The Morgan fingerprint density at radius 2 is 1.77 bits per heavy atom. The highest BCUT2D eigenvalue weighted by Gasteiger charge is 2.11. The molecule has 0 saturated carbocycles. The van der Waals surface area contributed by atoms with Crippen LogP contribution in [0.4, 0.5) is 0 Å². The van der Waals surface area contributed by atoms with E-state index in [1.807, 2.05) is 0 Å². The molecule has 0 unspecified atom stereocenters. The molecule has 122 valence electrons. The summed E-state index contributed by atoms with van der Waals surface area (Å²) < 4.78 is 20.8. The maximum atomic E-state index is 5.32. The zero-order valence-electron chi connectivity index (χ0n) is 13.1. The van der Waals surface area contributed by atoms with Gasteiger partial charge in [-0.3, -0.25) is 5.43 Å². The number of hydrogen-bond donors (Lipinski definition) is 2.